The highest BCUT2D eigenvalue weighted by atomic mass is 35.5. The van der Waals surface area contributed by atoms with E-state index in [-0.39, 0.29) is 12.4 Å². The quantitative estimate of drug-likeness (QED) is 0.913. The molecular weight excluding hydrogens is 242 g/mol. The van der Waals surface area contributed by atoms with Crippen molar-refractivity contribution in [2.45, 2.75) is 6.54 Å². The van der Waals surface area contributed by atoms with Gasteiger partial charge in [0, 0.05) is 6.54 Å². The van der Waals surface area contributed by atoms with E-state index in [1.165, 1.54) is 11.1 Å². The molecule has 2 rings (SSSR count). The first kappa shape index (κ1) is 13.0. The van der Waals surface area contributed by atoms with Crippen molar-refractivity contribution >= 4 is 23.7 Å². The lowest BCUT2D eigenvalue weighted by Gasteiger charge is -2.08. The summed E-state index contributed by atoms with van der Waals surface area (Å²) in [7, 11) is 1.67. The van der Waals surface area contributed by atoms with Crippen LogP contribution in [0.1, 0.15) is 5.56 Å². The van der Waals surface area contributed by atoms with E-state index < -0.39 is 0 Å². The highest BCUT2D eigenvalue weighted by Crippen LogP contribution is 2.28. The number of ether oxygens (including phenoxy) is 1. The van der Waals surface area contributed by atoms with Crippen LogP contribution in [-0.2, 0) is 6.54 Å². The zero-order valence-electron chi connectivity index (χ0n) is 8.97. The van der Waals surface area contributed by atoms with Crippen LogP contribution in [-0.4, -0.2) is 7.11 Å². The standard InChI is InChI=1S/C12H13NOS.ClH/c1-14-11-2-3-12(10(6-11)7-13)9-4-5-15-8-9;/h2-6,8H,7,13H2,1H3;1H. The minimum atomic E-state index is 0. The number of benzene rings is 1. The van der Waals surface area contributed by atoms with Crippen molar-refractivity contribution in [3.63, 3.8) is 0 Å². The van der Waals surface area contributed by atoms with Gasteiger partial charge in [-0.05, 0) is 45.6 Å². The van der Waals surface area contributed by atoms with Crippen molar-refractivity contribution in [2.24, 2.45) is 5.73 Å². The summed E-state index contributed by atoms with van der Waals surface area (Å²) in [6.07, 6.45) is 0. The number of methoxy groups -OCH3 is 1. The Balaban J connectivity index is 0.00000128. The largest absolute Gasteiger partial charge is 0.497 e. The van der Waals surface area contributed by atoms with Crippen LogP contribution in [0, 0.1) is 0 Å². The molecule has 0 saturated carbocycles. The van der Waals surface area contributed by atoms with Crippen LogP contribution < -0.4 is 10.5 Å². The van der Waals surface area contributed by atoms with Gasteiger partial charge in [-0.15, -0.1) is 12.4 Å². The van der Waals surface area contributed by atoms with Gasteiger partial charge in [0.05, 0.1) is 7.11 Å². The van der Waals surface area contributed by atoms with Crippen molar-refractivity contribution in [3.8, 4) is 16.9 Å². The van der Waals surface area contributed by atoms with Crippen LogP contribution in [0.15, 0.2) is 35.0 Å². The Hall–Kier alpha value is -1.03. The predicted molar refractivity (Wildman–Crippen MR) is 71.4 cm³/mol. The van der Waals surface area contributed by atoms with Gasteiger partial charge in [-0.3, -0.25) is 0 Å². The molecule has 0 spiro atoms. The summed E-state index contributed by atoms with van der Waals surface area (Å²) in [4.78, 5) is 0. The summed E-state index contributed by atoms with van der Waals surface area (Å²) in [5.41, 5.74) is 9.27. The Bertz CT molecular complexity index is 442. The van der Waals surface area contributed by atoms with Gasteiger partial charge in [-0.1, -0.05) is 6.07 Å². The summed E-state index contributed by atoms with van der Waals surface area (Å²) >= 11 is 1.69. The van der Waals surface area contributed by atoms with Gasteiger partial charge >= 0.3 is 0 Å². The third kappa shape index (κ3) is 2.55. The number of halogens is 1. The second-order valence-corrected chi connectivity index (χ2v) is 4.02. The van der Waals surface area contributed by atoms with E-state index in [9.17, 15) is 0 Å². The van der Waals surface area contributed by atoms with E-state index in [1.807, 2.05) is 12.1 Å². The van der Waals surface area contributed by atoms with Gasteiger partial charge < -0.3 is 10.5 Å². The molecule has 1 heterocycles. The lowest BCUT2D eigenvalue weighted by molar-refractivity contribution is 0.414. The molecule has 0 fully saturated rings. The Morgan fingerprint density at radius 1 is 1.31 bits per heavy atom. The van der Waals surface area contributed by atoms with E-state index in [0.717, 1.165) is 11.3 Å². The molecule has 1 aromatic heterocycles. The molecule has 0 unspecified atom stereocenters. The third-order valence-electron chi connectivity index (χ3n) is 2.36. The molecule has 2 aromatic rings. The first-order chi connectivity index (χ1) is 7.35. The lowest BCUT2D eigenvalue weighted by atomic mass is 10.0. The van der Waals surface area contributed by atoms with Crippen LogP contribution in [0.25, 0.3) is 11.1 Å². The van der Waals surface area contributed by atoms with Crippen molar-refractivity contribution in [1.29, 1.82) is 0 Å². The van der Waals surface area contributed by atoms with E-state index in [0.29, 0.717) is 6.54 Å². The highest BCUT2D eigenvalue weighted by molar-refractivity contribution is 7.08. The van der Waals surface area contributed by atoms with Crippen LogP contribution in [0.4, 0.5) is 0 Å². The molecular formula is C12H14ClNOS. The summed E-state index contributed by atoms with van der Waals surface area (Å²) in [5, 5.41) is 4.20. The summed E-state index contributed by atoms with van der Waals surface area (Å²) < 4.78 is 5.18. The van der Waals surface area contributed by atoms with Crippen molar-refractivity contribution in [2.75, 3.05) is 7.11 Å². The van der Waals surface area contributed by atoms with Crippen molar-refractivity contribution in [3.05, 3.63) is 40.6 Å². The van der Waals surface area contributed by atoms with Gasteiger partial charge in [0.15, 0.2) is 0 Å². The first-order valence-corrected chi connectivity index (χ1v) is 5.69. The predicted octanol–water partition coefficient (Wildman–Crippen LogP) is 3.30. The number of nitrogens with two attached hydrogens (primary N) is 1. The second kappa shape index (κ2) is 5.89. The zero-order chi connectivity index (χ0) is 10.7. The van der Waals surface area contributed by atoms with Crippen LogP contribution in [0.2, 0.25) is 0 Å². The zero-order valence-corrected chi connectivity index (χ0v) is 10.6. The van der Waals surface area contributed by atoms with Crippen molar-refractivity contribution in [1.82, 2.24) is 0 Å². The minimum absolute atomic E-state index is 0. The molecule has 1 aromatic carbocycles. The molecule has 0 aliphatic heterocycles. The fourth-order valence-corrected chi connectivity index (χ4v) is 2.22. The number of rotatable bonds is 3. The van der Waals surface area contributed by atoms with E-state index in [4.69, 9.17) is 10.5 Å². The van der Waals surface area contributed by atoms with Gasteiger partial charge in [0.25, 0.3) is 0 Å². The average Bonchev–Trinajstić information content (AvgIpc) is 2.81. The Kier molecular flexibility index (Phi) is 4.80. The van der Waals surface area contributed by atoms with E-state index in [1.54, 1.807) is 18.4 Å². The lowest BCUT2D eigenvalue weighted by Crippen LogP contribution is -1.99. The molecule has 0 radical (unpaired) electrons. The molecule has 2 N–H and O–H groups in total. The van der Waals surface area contributed by atoms with Gasteiger partial charge in [0.2, 0.25) is 0 Å². The average molecular weight is 256 g/mol. The topological polar surface area (TPSA) is 35.2 Å². The molecule has 0 saturated heterocycles. The first-order valence-electron chi connectivity index (χ1n) is 4.74. The molecule has 2 nitrogen and oxygen atoms in total. The fourth-order valence-electron chi connectivity index (χ4n) is 1.57. The maximum Gasteiger partial charge on any atom is 0.119 e. The summed E-state index contributed by atoms with van der Waals surface area (Å²) in [6.45, 7) is 0.530. The van der Waals surface area contributed by atoms with Gasteiger partial charge in [-0.2, -0.15) is 11.3 Å². The monoisotopic (exact) mass is 255 g/mol. The molecule has 16 heavy (non-hydrogen) atoms. The molecule has 0 amide bonds. The van der Waals surface area contributed by atoms with Gasteiger partial charge in [0.1, 0.15) is 5.75 Å². The maximum atomic E-state index is 5.73. The van der Waals surface area contributed by atoms with Gasteiger partial charge in [-0.25, -0.2) is 0 Å². The normalized spacial score (nSPS) is 9.62. The highest BCUT2D eigenvalue weighted by Gasteiger charge is 2.05. The number of thiophene rings is 1. The molecule has 0 aliphatic rings. The second-order valence-electron chi connectivity index (χ2n) is 3.24. The van der Waals surface area contributed by atoms with E-state index >= 15 is 0 Å². The molecule has 86 valence electrons. The Labute approximate surface area is 105 Å². The number of hydrogen-bond acceptors (Lipinski definition) is 3. The SMILES string of the molecule is COc1ccc(-c2ccsc2)c(CN)c1.Cl. The summed E-state index contributed by atoms with van der Waals surface area (Å²) in [6, 6.07) is 8.12. The Morgan fingerprint density at radius 2 is 2.12 bits per heavy atom. The minimum Gasteiger partial charge on any atom is -0.497 e. The van der Waals surface area contributed by atoms with Crippen LogP contribution in [0.5, 0.6) is 5.75 Å². The molecule has 0 atom stereocenters. The fraction of sp³-hybridized carbons (Fsp3) is 0.167. The molecule has 0 bridgehead atoms. The van der Waals surface area contributed by atoms with E-state index in [2.05, 4.69) is 22.9 Å². The van der Waals surface area contributed by atoms with Crippen molar-refractivity contribution < 1.29 is 4.74 Å². The number of hydrogen-bond donors (Lipinski definition) is 1. The summed E-state index contributed by atoms with van der Waals surface area (Å²) in [5.74, 6) is 0.856. The molecule has 4 heteroatoms. The van der Waals surface area contributed by atoms with Crippen LogP contribution in [0.3, 0.4) is 0 Å². The third-order valence-corrected chi connectivity index (χ3v) is 3.05. The Morgan fingerprint density at radius 3 is 2.69 bits per heavy atom. The smallest absolute Gasteiger partial charge is 0.119 e. The maximum absolute atomic E-state index is 5.73. The molecule has 0 aliphatic carbocycles. The van der Waals surface area contributed by atoms with Crippen LogP contribution >= 0.6 is 23.7 Å².